The molecule has 1 aliphatic rings. The van der Waals surface area contributed by atoms with Gasteiger partial charge in [0.15, 0.2) is 0 Å². The Hall–Kier alpha value is -2.37. The first-order chi connectivity index (χ1) is 9.95. The summed E-state index contributed by atoms with van der Waals surface area (Å²) in [7, 11) is 0. The third kappa shape index (κ3) is 2.89. The maximum Gasteiger partial charge on any atom is 0.263 e. The van der Waals surface area contributed by atoms with Crippen LogP contribution in [-0.4, -0.2) is 35.2 Å². The van der Waals surface area contributed by atoms with Crippen LogP contribution in [0, 0.1) is 0 Å². The first-order valence-corrected chi connectivity index (χ1v) is 6.99. The van der Waals surface area contributed by atoms with E-state index in [1.165, 1.54) is 0 Å². The van der Waals surface area contributed by atoms with E-state index in [2.05, 4.69) is 5.32 Å². The van der Waals surface area contributed by atoms with E-state index in [-0.39, 0.29) is 36.2 Å². The molecule has 0 aromatic heterocycles. The SMILES string of the molecule is CCC(C)NC(=O)CCN1C(=O)c2cccc(N)c2C1=O. The zero-order valence-corrected chi connectivity index (χ0v) is 12.2. The summed E-state index contributed by atoms with van der Waals surface area (Å²) in [5.74, 6) is -0.989. The minimum absolute atomic E-state index is 0.0635. The Kier molecular flexibility index (Phi) is 4.26. The molecule has 3 N–H and O–H groups in total. The van der Waals surface area contributed by atoms with Crippen molar-refractivity contribution in [3.05, 3.63) is 29.3 Å². The molecule has 112 valence electrons. The van der Waals surface area contributed by atoms with Gasteiger partial charge in [-0.2, -0.15) is 0 Å². The summed E-state index contributed by atoms with van der Waals surface area (Å²) in [5.41, 5.74) is 6.59. The van der Waals surface area contributed by atoms with Crippen molar-refractivity contribution in [3.8, 4) is 0 Å². The second-order valence-electron chi connectivity index (χ2n) is 5.16. The molecule has 0 bridgehead atoms. The Bertz CT molecular complexity index is 598. The molecule has 1 aromatic rings. The Morgan fingerprint density at radius 3 is 2.67 bits per heavy atom. The second kappa shape index (κ2) is 5.95. The average Bonchev–Trinajstić information content (AvgIpc) is 2.70. The number of anilines is 1. The molecule has 0 spiro atoms. The van der Waals surface area contributed by atoms with Gasteiger partial charge in [-0.05, 0) is 25.5 Å². The van der Waals surface area contributed by atoms with Crippen molar-refractivity contribution in [3.63, 3.8) is 0 Å². The number of nitrogen functional groups attached to an aromatic ring is 1. The molecule has 1 atom stereocenters. The topological polar surface area (TPSA) is 92.5 Å². The zero-order chi connectivity index (χ0) is 15.6. The van der Waals surface area contributed by atoms with E-state index in [9.17, 15) is 14.4 Å². The van der Waals surface area contributed by atoms with E-state index in [1.807, 2.05) is 13.8 Å². The van der Waals surface area contributed by atoms with Crippen LogP contribution in [0.2, 0.25) is 0 Å². The minimum atomic E-state index is -0.426. The van der Waals surface area contributed by atoms with E-state index >= 15 is 0 Å². The third-order valence-corrected chi connectivity index (χ3v) is 3.61. The molecule has 0 radical (unpaired) electrons. The third-order valence-electron chi connectivity index (χ3n) is 3.61. The fourth-order valence-electron chi connectivity index (χ4n) is 2.23. The molecule has 6 heteroatoms. The number of fused-ring (bicyclic) bond motifs is 1. The van der Waals surface area contributed by atoms with Crippen LogP contribution in [0.3, 0.4) is 0 Å². The maximum atomic E-state index is 12.2. The van der Waals surface area contributed by atoms with Crippen LogP contribution in [-0.2, 0) is 4.79 Å². The van der Waals surface area contributed by atoms with Crippen molar-refractivity contribution < 1.29 is 14.4 Å². The standard InChI is InChI=1S/C15H19N3O3/c1-3-9(2)17-12(19)7-8-18-14(20)10-5-4-6-11(16)13(10)15(18)21/h4-6,9H,3,7-8,16H2,1-2H3,(H,17,19). The van der Waals surface area contributed by atoms with Crippen LogP contribution in [0.5, 0.6) is 0 Å². The summed E-state index contributed by atoms with van der Waals surface area (Å²) in [4.78, 5) is 37.2. The zero-order valence-electron chi connectivity index (χ0n) is 12.2. The number of nitrogens with two attached hydrogens (primary N) is 1. The van der Waals surface area contributed by atoms with Crippen LogP contribution < -0.4 is 11.1 Å². The number of hydrogen-bond donors (Lipinski definition) is 2. The smallest absolute Gasteiger partial charge is 0.263 e. The van der Waals surface area contributed by atoms with Crippen molar-refractivity contribution in [1.29, 1.82) is 0 Å². The molecule has 0 aliphatic carbocycles. The number of hydrogen-bond acceptors (Lipinski definition) is 4. The van der Waals surface area contributed by atoms with Crippen LogP contribution in [0.4, 0.5) is 5.69 Å². The van der Waals surface area contributed by atoms with Gasteiger partial charge in [-0.1, -0.05) is 13.0 Å². The van der Waals surface area contributed by atoms with Crippen molar-refractivity contribution in [1.82, 2.24) is 10.2 Å². The molecule has 3 amide bonds. The molecule has 21 heavy (non-hydrogen) atoms. The normalized spacial score (nSPS) is 15.0. The van der Waals surface area contributed by atoms with Crippen LogP contribution in [0.1, 0.15) is 47.4 Å². The molecule has 0 saturated carbocycles. The highest BCUT2D eigenvalue weighted by Crippen LogP contribution is 2.27. The second-order valence-corrected chi connectivity index (χ2v) is 5.16. The van der Waals surface area contributed by atoms with Gasteiger partial charge in [-0.15, -0.1) is 0 Å². The number of rotatable bonds is 5. The molecule has 6 nitrogen and oxygen atoms in total. The molecule has 0 fully saturated rings. The molecule has 1 unspecified atom stereocenters. The molecular formula is C15H19N3O3. The van der Waals surface area contributed by atoms with E-state index in [4.69, 9.17) is 5.73 Å². The Morgan fingerprint density at radius 1 is 1.33 bits per heavy atom. The summed E-state index contributed by atoms with van der Waals surface area (Å²) >= 11 is 0. The molecule has 1 aromatic carbocycles. The van der Waals surface area contributed by atoms with Gasteiger partial charge < -0.3 is 11.1 Å². The van der Waals surface area contributed by atoms with Crippen LogP contribution >= 0.6 is 0 Å². The van der Waals surface area contributed by atoms with Gasteiger partial charge in [0.1, 0.15) is 0 Å². The number of nitrogens with zero attached hydrogens (tertiary/aromatic N) is 1. The van der Waals surface area contributed by atoms with Crippen molar-refractivity contribution in [2.75, 3.05) is 12.3 Å². The highest BCUT2D eigenvalue weighted by molar-refractivity contribution is 6.23. The fourth-order valence-corrected chi connectivity index (χ4v) is 2.23. The summed E-state index contributed by atoms with van der Waals surface area (Å²) in [6.45, 7) is 3.94. The summed E-state index contributed by atoms with van der Waals surface area (Å²) in [5, 5.41) is 2.80. The Balaban J connectivity index is 2.04. The molecule has 0 saturated heterocycles. The molecule has 2 rings (SSSR count). The first kappa shape index (κ1) is 15.0. The summed E-state index contributed by atoms with van der Waals surface area (Å²) < 4.78 is 0. The number of amides is 3. The van der Waals surface area contributed by atoms with E-state index < -0.39 is 11.8 Å². The highest BCUT2D eigenvalue weighted by atomic mass is 16.2. The van der Waals surface area contributed by atoms with Gasteiger partial charge in [-0.25, -0.2) is 0 Å². The number of benzene rings is 1. The van der Waals surface area contributed by atoms with Crippen molar-refractivity contribution in [2.45, 2.75) is 32.7 Å². The Labute approximate surface area is 123 Å². The summed E-state index contributed by atoms with van der Waals surface area (Å²) in [6, 6.07) is 4.88. The Morgan fingerprint density at radius 2 is 2.05 bits per heavy atom. The monoisotopic (exact) mass is 289 g/mol. The number of carbonyl (C=O) groups excluding carboxylic acids is 3. The summed E-state index contributed by atoms with van der Waals surface area (Å²) in [6.07, 6.45) is 0.922. The predicted molar refractivity (Wildman–Crippen MR) is 78.7 cm³/mol. The van der Waals surface area contributed by atoms with E-state index in [1.54, 1.807) is 18.2 Å². The van der Waals surface area contributed by atoms with Gasteiger partial charge in [0.2, 0.25) is 5.91 Å². The van der Waals surface area contributed by atoms with Gasteiger partial charge in [-0.3, -0.25) is 19.3 Å². The quantitative estimate of drug-likeness (QED) is 0.628. The lowest BCUT2D eigenvalue weighted by Crippen LogP contribution is -2.37. The lowest BCUT2D eigenvalue weighted by molar-refractivity contribution is -0.121. The van der Waals surface area contributed by atoms with E-state index in [0.29, 0.717) is 5.56 Å². The largest absolute Gasteiger partial charge is 0.398 e. The number of imide groups is 1. The first-order valence-electron chi connectivity index (χ1n) is 6.99. The molecular weight excluding hydrogens is 270 g/mol. The van der Waals surface area contributed by atoms with Crippen LogP contribution in [0.25, 0.3) is 0 Å². The van der Waals surface area contributed by atoms with Gasteiger partial charge >= 0.3 is 0 Å². The lowest BCUT2D eigenvalue weighted by atomic mass is 10.1. The minimum Gasteiger partial charge on any atom is -0.398 e. The molecule has 1 aliphatic heterocycles. The molecule has 1 heterocycles. The maximum absolute atomic E-state index is 12.2. The van der Waals surface area contributed by atoms with Gasteiger partial charge in [0, 0.05) is 24.7 Å². The van der Waals surface area contributed by atoms with Gasteiger partial charge in [0.05, 0.1) is 11.1 Å². The van der Waals surface area contributed by atoms with Crippen LogP contribution in [0.15, 0.2) is 18.2 Å². The van der Waals surface area contributed by atoms with Gasteiger partial charge in [0.25, 0.3) is 11.8 Å². The van der Waals surface area contributed by atoms with E-state index in [0.717, 1.165) is 11.3 Å². The van der Waals surface area contributed by atoms with Crippen molar-refractivity contribution >= 4 is 23.4 Å². The highest BCUT2D eigenvalue weighted by Gasteiger charge is 2.36. The number of nitrogens with one attached hydrogen (secondary N) is 1. The number of carbonyl (C=O) groups is 3. The lowest BCUT2D eigenvalue weighted by Gasteiger charge is -2.15. The fraction of sp³-hybridized carbons (Fsp3) is 0.400. The van der Waals surface area contributed by atoms with Crippen molar-refractivity contribution in [2.24, 2.45) is 0 Å². The average molecular weight is 289 g/mol. The predicted octanol–water partition coefficient (Wildman–Crippen LogP) is 1.17.